The van der Waals surface area contributed by atoms with Gasteiger partial charge in [0, 0.05) is 0 Å². The molecule has 1 aliphatic heterocycles. The number of ether oxygens (including phenoxy) is 3. The van der Waals surface area contributed by atoms with Gasteiger partial charge in [-0.3, -0.25) is 4.79 Å². The lowest BCUT2D eigenvalue weighted by molar-refractivity contribution is -0.123. The molecule has 2 aromatic rings. The first-order valence-electron chi connectivity index (χ1n) is 9.12. The van der Waals surface area contributed by atoms with E-state index >= 15 is 0 Å². The Morgan fingerprint density at radius 1 is 1.08 bits per heavy atom. The molecule has 26 heavy (non-hydrogen) atoms. The molecule has 1 atom stereocenters. The highest BCUT2D eigenvalue weighted by Gasteiger charge is 2.16. The standard InChI is InChI=1S/C21H23NO4/c1-14(16-6-8-19-20(12-16)25-10-9-24-19)22-21(23)13-26-18-7-5-15-3-2-4-17(15)11-18/h5-8,11-12,14H,2-4,9-10,13H2,1H3,(H,22,23). The average molecular weight is 353 g/mol. The molecule has 1 heterocycles. The van der Waals surface area contributed by atoms with E-state index in [1.165, 1.54) is 17.5 Å². The van der Waals surface area contributed by atoms with E-state index in [-0.39, 0.29) is 18.6 Å². The molecule has 1 amide bonds. The summed E-state index contributed by atoms with van der Waals surface area (Å²) in [4.78, 5) is 12.2. The van der Waals surface area contributed by atoms with E-state index in [9.17, 15) is 4.79 Å². The first kappa shape index (κ1) is 16.8. The largest absolute Gasteiger partial charge is 0.486 e. The highest BCUT2D eigenvalue weighted by molar-refractivity contribution is 5.78. The van der Waals surface area contributed by atoms with Crippen LogP contribution in [0, 0.1) is 0 Å². The molecule has 0 bridgehead atoms. The molecular formula is C21H23NO4. The predicted molar refractivity (Wildman–Crippen MR) is 98.0 cm³/mol. The Labute approximate surface area is 153 Å². The van der Waals surface area contributed by atoms with Crippen LogP contribution in [0.1, 0.15) is 36.1 Å². The van der Waals surface area contributed by atoms with E-state index in [4.69, 9.17) is 14.2 Å². The molecular weight excluding hydrogens is 330 g/mol. The van der Waals surface area contributed by atoms with Gasteiger partial charge in [0.15, 0.2) is 18.1 Å². The lowest BCUT2D eigenvalue weighted by atomic mass is 10.1. The van der Waals surface area contributed by atoms with Gasteiger partial charge < -0.3 is 19.5 Å². The molecule has 5 heteroatoms. The zero-order valence-corrected chi connectivity index (χ0v) is 14.9. The van der Waals surface area contributed by atoms with Crippen molar-refractivity contribution in [1.29, 1.82) is 0 Å². The van der Waals surface area contributed by atoms with Crippen molar-refractivity contribution in [3.8, 4) is 17.2 Å². The second-order valence-electron chi connectivity index (χ2n) is 6.77. The van der Waals surface area contributed by atoms with Crippen molar-refractivity contribution in [3.63, 3.8) is 0 Å². The van der Waals surface area contributed by atoms with Gasteiger partial charge in [-0.05, 0) is 67.1 Å². The highest BCUT2D eigenvalue weighted by atomic mass is 16.6. The van der Waals surface area contributed by atoms with Gasteiger partial charge in [0.05, 0.1) is 6.04 Å². The van der Waals surface area contributed by atoms with Crippen LogP contribution in [0.15, 0.2) is 36.4 Å². The Balaban J connectivity index is 1.33. The summed E-state index contributed by atoms with van der Waals surface area (Å²) in [7, 11) is 0. The second kappa shape index (κ2) is 7.28. The van der Waals surface area contributed by atoms with E-state index in [0.29, 0.717) is 13.2 Å². The minimum absolute atomic E-state index is 0.00762. The van der Waals surface area contributed by atoms with Gasteiger partial charge in [-0.1, -0.05) is 12.1 Å². The zero-order chi connectivity index (χ0) is 17.9. The number of aryl methyl sites for hydroxylation is 2. The first-order chi connectivity index (χ1) is 12.7. The molecule has 4 rings (SSSR count). The number of carbonyl (C=O) groups is 1. The van der Waals surface area contributed by atoms with Gasteiger partial charge in [0.2, 0.25) is 0 Å². The van der Waals surface area contributed by atoms with E-state index < -0.39 is 0 Å². The molecule has 1 unspecified atom stereocenters. The van der Waals surface area contributed by atoms with Crippen molar-refractivity contribution in [1.82, 2.24) is 5.32 Å². The topological polar surface area (TPSA) is 56.8 Å². The lowest BCUT2D eigenvalue weighted by Crippen LogP contribution is -2.31. The van der Waals surface area contributed by atoms with Gasteiger partial charge in [-0.15, -0.1) is 0 Å². The molecule has 2 aliphatic rings. The van der Waals surface area contributed by atoms with Gasteiger partial charge in [-0.2, -0.15) is 0 Å². The fourth-order valence-corrected chi connectivity index (χ4v) is 3.48. The van der Waals surface area contributed by atoms with Crippen LogP contribution >= 0.6 is 0 Å². The molecule has 0 saturated carbocycles. The number of carbonyl (C=O) groups excluding carboxylic acids is 1. The van der Waals surface area contributed by atoms with Crippen LogP contribution in [-0.4, -0.2) is 25.7 Å². The molecule has 2 aromatic carbocycles. The molecule has 0 spiro atoms. The second-order valence-corrected chi connectivity index (χ2v) is 6.77. The van der Waals surface area contributed by atoms with Crippen LogP contribution in [-0.2, 0) is 17.6 Å². The van der Waals surface area contributed by atoms with E-state index in [0.717, 1.165) is 35.7 Å². The monoisotopic (exact) mass is 353 g/mol. The van der Waals surface area contributed by atoms with Crippen molar-refractivity contribution >= 4 is 5.91 Å². The highest BCUT2D eigenvalue weighted by Crippen LogP contribution is 2.32. The smallest absolute Gasteiger partial charge is 0.258 e. The summed E-state index contributed by atoms with van der Waals surface area (Å²) in [5, 5.41) is 2.97. The van der Waals surface area contributed by atoms with Crippen molar-refractivity contribution in [2.24, 2.45) is 0 Å². The summed E-state index contributed by atoms with van der Waals surface area (Å²) >= 11 is 0. The van der Waals surface area contributed by atoms with E-state index in [1.54, 1.807) is 0 Å². The molecule has 0 aromatic heterocycles. The van der Waals surface area contributed by atoms with Crippen LogP contribution < -0.4 is 19.5 Å². The first-order valence-corrected chi connectivity index (χ1v) is 9.12. The zero-order valence-electron chi connectivity index (χ0n) is 14.9. The van der Waals surface area contributed by atoms with Crippen LogP contribution in [0.5, 0.6) is 17.2 Å². The summed E-state index contributed by atoms with van der Waals surface area (Å²) < 4.78 is 16.8. The molecule has 0 saturated heterocycles. The third-order valence-corrected chi connectivity index (χ3v) is 4.88. The summed E-state index contributed by atoms with van der Waals surface area (Å²) in [5.74, 6) is 2.09. The molecule has 1 N–H and O–H groups in total. The van der Waals surface area contributed by atoms with Gasteiger partial charge in [0.25, 0.3) is 5.91 Å². The maximum absolute atomic E-state index is 12.2. The number of amides is 1. The Bertz CT molecular complexity index is 818. The normalized spacial score (nSPS) is 15.9. The molecule has 136 valence electrons. The number of rotatable bonds is 5. The van der Waals surface area contributed by atoms with Crippen LogP contribution in [0.3, 0.4) is 0 Å². The summed E-state index contributed by atoms with van der Waals surface area (Å²) in [6.45, 7) is 3.07. The molecule has 0 radical (unpaired) electrons. The summed E-state index contributed by atoms with van der Waals surface area (Å²) in [5.41, 5.74) is 3.71. The number of fused-ring (bicyclic) bond motifs is 2. The maximum atomic E-state index is 12.2. The van der Waals surface area contributed by atoms with Crippen LogP contribution in [0.25, 0.3) is 0 Å². The Hall–Kier alpha value is -2.69. The van der Waals surface area contributed by atoms with Gasteiger partial charge >= 0.3 is 0 Å². The fourth-order valence-electron chi connectivity index (χ4n) is 3.48. The summed E-state index contributed by atoms with van der Waals surface area (Å²) in [6, 6.07) is 11.7. The number of hydrogen-bond acceptors (Lipinski definition) is 4. The van der Waals surface area contributed by atoms with Crippen molar-refractivity contribution in [3.05, 3.63) is 53.1 Å². The van der Waals surface area contributed by atoms with Crippen molar-refractivity contribution in [2.75, 3.05) is 19.8 Å². The van der Waals surface area contributed by atoms with Crippen molar-refractivity contribution in [2.45, 2.75) is 32.2 Å². The number of nitrogens with one attached hydrogen (secondary N) is 1. The van der Waals surface area contributed by atoms with Gasteiger partial charge in [-0.25, -0.2) is 0 Å². The minimum atomic E-state index is -0.145. The number of benzene rings is 2. The number of hydrogen-bond donors (Lipinski definition) is 1. The Kier molecular flexibility index (Phi) is 4.69. The quantitative estimate of drug-likeness (QED) is 0.897. The van der Waals surface area contributed by atoms with E-state index in [1.807, 2.05) is 31.2 Å². The van der Waals surface area contributed by atoms with Crippen LogP contribution in [0.4, 0.5) is 0 Å². The molecule has 1 aliphatic carbocycles. The Morgan fingerprint density at radius 2 is 1.88 bits per heavy atom. The average Bonchev–Trinajstić information content (AvgIpc) is 3.13. The fraction of sp³-hybridized carbons (Fsp3) is 0.381. The van der Waals surface area contributed by atoms with Gasteiger partial charge in [0.1, 0.15) is 19.0 Å². The summed E-state index contributed by atoms with van der Waals surface area (Å²) in [6.07, 6.45) is 3.44. The SMILES string of the molecule is CC(NC(=O)COc1ccc2c(c1)CCC2)c1ccc2c(c1)OCCO2. The van der Waals surface area contributed by atoms with Crippen molar-refractivity contribution < 1.29 is 19.0 Å². The van der Waals surface area contributed by atoms with Crippen LogP contribution in [0.2, 0.25) is 0 Å². The minimum Gasteiger partial charge on any atom is -0.486 e. The van der Waals surface area contributed by atoms with E-state index in [2.05, 4.69) is 17.4 Å². The molecule has 0 fully saturated rings. The third-order valence-electron chi connectivity index (χ3n) is 4.88. The third kappa shape index (κ3) is 3.62. The maximum Gasteiger partial charge on any atom is 0.258 e. The molecule has 5 nitrogen and oxygen atoms in total. The predicted octanol–water partition coefficient (Wildman–Crippen LogP) is 3.20. The lowest BCUT2D eigenvalue weighted by Gasteiger charge is -2.21. The Morgan fingerprint density at radius 3 is 2.77 bits per heavy atom.